The fourth-order valence-corrected chi connectivity index (χ4v) is 2.41. The molecule has 3 amide bonds. The molecule has 0 aromatic heterocycles. The number of carbonyl (C=O) groups excluding carboxylic acids is 3. The third-order valence-electron chi connectivity index (χ3n) is 3.45. The minimum Gasteiger partial charge on any atom is -0.343 e. The number of anilines is 2. The van der Waals surface area contributed by atoms with E-state index in [1.54, 1.807) is 49.4 Å². The molecular formula is C18H18ClN3O3. The SMILES string of the molecule is CC(=O)Nc1cccc(NC(=O)CNC(=O)c2ccccc2Cl)c1C. The van der Waals surface area contributed by atoms with E-state index in [0.29, 0.717) is 22.0 Å². The van der Waals surface area contributed by atoms with Gasteiger partial charge >= 0.3 is 0 Å². The average molecular weight is 360 g/mol. The molecule has 0 bridgehead atoms. The van der Waals surface area contributed by atoms with Crippen LogP contribution in [0.25, 0.3) is 0 Å². The van der Waals surface area contributed by atoms with Crippen LogP contribution in [0.3, 0.4) is 0 Å². The zero-order valence-corrected chi connectivity index (χ0v) is 14.6. The zero-order valence-electron chi connectivity index (χ0n) is 13.9. The third-order valence-corrected chi connectivity index (χ3v) is 3.78. The Balaban J connectivity index is 1.98. The van der Waals surface area contributed by atoms with Gasteiger partial charge in [0, 0.05) is 18.3 Å². The molecule has 0 spiro atoms. The smallest absolute Gasteiger partial charge is 0.253 e. The van der Waals surface area contributed by atoms with Gasteiger partial charge in [-0.25, -0.2) is 0 Å². The van der Waals surface area contributed by atoms with Crippen molar-refractivity contribution < 1.29 is 14.4 Å². The summed E-state index contributed by atoms with van der Waals surface area (Å²) in [5, 5.41) is 8.24. The number of nitrogens with one attached hydrogen (secondary N) is 3. The van der Waals surface area contributed by atoms with Crippen LogP contribution in [0.15, 0.2) is 42.5 Å². The van der Waals surface area contributed by atoms with Gasteiger partial charge in [0.2, 0.25) is 11.8 Å². The monoisotopic (exact) mass is 359 g/mol. The maximum Gasteiger partial charge on any atom is 0.253 e. The second-order valence-corrected chi connectivity index (χ2v) is 5.78. The molecule has 6 nitrogen and oxygen atoms in total. The standard InChI is InChI=1S/C18H18ClN3O3/c1-11-15(21-12(2)23)8-5-9-16(11)22-17(24)10-20-18(25)13-6-3-4-7-14(13)19/h3-9H,10H2,1-2H3,(H,20,25)(H,21,23)(H,22,24). The molecule has 130 valence electrons. The van der Waals surface area contributed by atoms with Crippen LogP contribution in [0, 0.1) is 6.92 Å². The zero-order chi connectivity index (χ0) is 18.4. The number of amides is 3. The van der Waals surface area contributed by atoms with Crippen molar-refractivity contribution >= 4 is 40.7 Å². The summed E-state index contributed by atoms with van der Waals surface area (Å²) in [7, 11) is 0. The van der Waals surface area contributed by atoms with Crippen LogP contribution in [0.5, 0.6) is 0 Å². The number of carbonyl (C=O) groups is 3. The highest BCUT2D eigenvalue weighted by molar-refractivity contribution is 6.33. The lowest BCUT2D eigenvalue weighted by molar-refractivity contribution is -0.115. The Kier molecular flexibility index (Phi) is 6.14. The summed E-state index contributed by atoms with van der Waals surface area (Å²) in [4.78, 5) is 35.3. The molecule has 0 saturated heterocycles. The maximum atomic E-state index is 12.1. The third kappa shape index (κ3) is 5.06. The van der Waals surface area contributed by atoms with Crippen molar-refractivity contribution in [3.8, 4) is 0 Å². The van der Waals surface area contributed by atoms with Gasteiger partial charge in [-0.2, -0.15) is 0 Å². The highest BCUT2D eigenvalue weighted by Crippen LogP contribution is 2.23. The van der Waals surface area contributed by atoms with Crippen LogP contribution < -0.4 is 16.0 Å². The first-order chi connectivity index (χ1) is 11.9. The van der Waals surface area contributed by atoms with Gasteiger partial charge in [0.05, 0.1) is 17.1 Å². The minimum atomic E-state index is -0.426. The van der Waals surface area contributed by atoms with Crippen LogP contribution in [-0.4, -0.2) is 24.3 Å². The average Bonchev–Trinajstić information content (AvgIpc) is 2.56. The first-order valence-electron chi connectivity index (χ1n) is 7.58. The van der Waals surface area contributed by atoms with Gasteiger partial charge < -0.3 is 16.0 Å². The van der Waals surface area contributed by atoms with E-state index in [4.69, 9.17) is 11.6 Å². The van der Waals surface area contributed by atoms with E-state index in [1.807, 2.05) is 0 Å². The van der Waals surface area contributed by atoms with Gasteiger partial charge in [0.25, 0.3) is 5.91 Å². The Morgan fingerprint density at radius 1 is 0.960 bits per heavy atom. The van der Waals surface area contributed by atoms with Crippen molar-refractivity contribution in [3.05, 3.63) is 58.6 Å². The highest BCUT2D eigenvalue weighted by Gasteiger charge is 2.12. The first-order valence-corrected chi connectivity index (χ1v) is 7.96. The number of hydrogen-bond acceptors (Lipinski definition) is 3. The van der Waals surface area contributed by atoms with Crippen LogP contribution >= 0.6 is 11.6 Å². The van der Waals surface area contributed by atoms with Crippen molar-refractivity contribution in [1.29, 1.82) is 0 Å². The first kappa shape index (κ1) is 18.5. The van der Waals surface area contributed by atoms with E-state index >= 15 is 0 Å². The highest BCUT2D eigenvalue weighted by atomic mass is 35.5. The van der Waals surface area contributed by atoms with Crippen molar-refractivity contribution in [2.24, 2.45) is 0 Å². The molecule has 3 N–H and O–H groups in total. The molecule has 0 unspecified atom stereocenters. The Hall–Kier alpha value is -2.86. The van der Waals surface area contributed by atoms with Crippen molar-refractivity contribution in [1.82, 2.24) is 5.32 Å². The van der Waals surface area contributed by atoms with Gasteiger partial charge in [-0.3, -0.25) is 14.4 Å². The van der Waals surface area contributed by atoms with E-state index in [1.165, 1.54) is 6.92 Å². The summed E-state index contributed by atoms with van der Waals surface area (Å²) in [5.74, 6) is -1.01. The number of halogens is 1. The topological polar surface area (TPSA) is 87.3 Å². The molecule has 2 aromatic rings. The summed E-state index contributed by atoms with van der Waals surface area (Å²) in [6.07, 6.45) is 0. The Morgan fingerprint density at radius 2 is 1.60 bits per heavy atom. The molecule has 25 heavy (non-hydrogen) atoms. The Bertz CT molecular complexity index is 821. The predicted molar refractivity (Wildman–Crippen MR) is 97.9 cm³/mol. The van der Waals surface area contributed by atoms with Gasteiger partial charge in [0.15, 0.2) is 0 Å². The molecule has 0 radical (unpaired) electrons. The van der Waals surface area contributed by atoms with E-state index in [0.717, 1.165) is 5.56 Å². The number of benzene rings is 2. The molecule has 0 aliphatic carbocycles. The van der Waals surface area contributed by atoms with Gasteiger partial charge in [0.1, 0.15) is 0 Å². The lowest BCUT2D eigenvalue weighted by Gasteiger charge is -2.13. The van der Waals surface area contributed by atoms with Gasteiger partial charge in [-0.15, -0.1) is 0 Å². The molecule has 0 aliphatic rings. The van der Waals surface area contributed by atoms with Crippen molar-refractivity contribution in [3.63, 3.8) is 0 Å². The minimum absolute atomic E-state index is 0.196. The molecule has 7 heteroatoms. The van der Waals surface area contributed by atoms with Crippen molar-refractivity contribution in [2.45, 2.75) is 13.8 Å². The van der Waals surface area contributed by atoms with Crippen LogP contribution in [0.1, 0.15) is 22.8 Å². The Labute approximate surface area is 150 Å². The van der Waals surface area contributed by atoms with E-state index in [-0.39, 0.29) is 18.4 Å². The molecule has 0 fully saturated rings. The fraction of sp³-hybridized carbons (Fsp3) is 0.167. The van der Waals surface area contributed by atoms with E-state index in [2.05, 4.69) is 16.0 Å². The predicted octanol–water partition coefficient (Wildman–Crippen LogP) is 2.98. The van der Waals surface area contributed by atoms with Crippen LogP contribution in [0.4, 0.5) is 11.4 Å². The van der Waals surface area contributed by atoms with Crippen LogP contribution in [0.2, 0.25) is 5.02 Å². The normalized spacial score (nSPS) is 10.0. The van der Waals surface area contributed by atoms with Gasteiger partial charge in [-0.1, -0.05) is 29.8 Å². The molecule has 2 rings (SSSR count). The lowest BCUT2D eigenvalue weighted by atomic mass is 10.1. The summed E-state index contributed by atoms with van der Waals surface area (Å²) in [5.41, 5.74) is 2.21. The second kappa shape index (κ2) is 8.30. The fourth-order valence-electron chi connectivity index (χ4n) is 2.19. The molecular weight excluding hydrogens is 342 g/mol. The molecule has 0 saturated carbocycles. The van der Waals surface area contributed by atoms with E-state index in [9.17, 15) is 14.4 Å². The number of rotatable bonds is 5. The summed E-state index contributed by atoms with van der Waals surface area (Å²) in [6.45, 7) is 2.99. The van der Waals surface area contributed by atoms with Gasteiger partial charge in [-0.05, 0) is 36.8 Å². The van der Waals surface area contributed by atoms with Crippen LogP contribution in [-0.2, 0) is 9.59 Å². The molecule has 0 aliphatic heterocycles. The molecule has 0 atom stereocenters. The summed E-state index contributed by atoms with van der Waals surface area (Å²) >= 11 is 5.95. The summed E-state index contributed by atoms with van der Waals surface area (Å²) < 4.78 is 0. The van der Waals surface area contributed by atoms with Crippen molar-refractivity contribution in [2.75, 3.05) is 17.2 Å². The molecule has 0 heterocycles. The van der Waals surface area contributed by atoms with E-state index < -0.39 is 5.91 Å². The molecule has 2 aromatic carbocycles. The maximum absolute atomic E-state index is 12.1. The Morgan fingerprint density at radius 3 is 2.24 bits per heavy atom. The summed E-state index contributed by atoms with van der Waals surface area (Å²) in [6, 6.07) is 11.8. The quantitative estimate of drug-likeness (QED) is 0.767. The largest absolute Gasteiger partial charge is 0.343 e. The second-order valence-electron chi connectivity index (χ2n) is 5.37. The lowest BCUT2D eigenvalue weighted by Crippen LogP contribution is -2.33. The number of hydrogen-bond donors (Lipinski definition) is 3.